The maximum absolute atomic E-state index is 14.9. The van der Waals surface area contributed by atoms with Crippen LogP contribution in [-0.4, -0.2) is 187 Å². The highest BCUT2D eigenvalue weighted by molar-refractivity contribution is 6.00. The third-order valence-electron chi connectivity index (χ3n) is 16.4. The quantitative estimate of drug-likeness (QED) is 0.0179. The van der Waals surface area contributed by atoms with E-state index < -0.39 is 133 Å². The predicted molar refractivity (Wildman–Crippen MR) is 338 cm³/mol. The number of nitrogens with two attached hydrogens (primary N) is 3. The van der Waals surface area contributed by atoms with Crippen LogP contribution in [0.1, 0.15) is 80.2 Å². The number of nitrogens with zero attached hydrogens (tertiary/aromatic N) is 2. The van der Waals surface area contributed by atoms with Crippen molar-refractivity contribution in [2.75, 3.05) is 26.2 Å². The molecule has 5 heterocycles. The van der Waals surface area contributed by atoms with Gasteiger partial charge in [-0.05, 0) is 92.4 Å². The van der Waals surface area contributed by atoms with Crippen molar-refractivity contribution in [1.82, 2.24) is 72.7 Å². The molecule has 0 bridgehead atoms. The fourth-order valence-electron chi connectivity index (χ4n) is 11.4. The number of para-hydroxylation sites is 2. The topological polar surface area (TPSA) is 495 Å². The Kier molecular flexibility index (Phi) is 24.3. The summed E-state index contributed by atoms with van der Waals surface area (Å²) in [5.41, 5.74) is 20.0. The minimum Gasteiger partial charge on any atom is -0.508 e. The molecule has 94 heavy (non-hydrogen) atoms. The Hall–Kier alpha value is -10.7. The second kappa shape index (κ2) is 33.1. The average molecular weight is 1300 g/mol. The fraction of sp³-hybridized carbons (Fsp3) is 0.413. The summed E-state index contributed by atoms with van der Waals surface area (Å²) in [6.45, 7) is -1.28. The summed E-state index contributed by atoms with van der Waals surface area (Å²) in [7, 11) is 0. The Bertz CT molecular complexity index is 3700. The number of nitrogens with one attached hydrogen (secondary N) is 12. The number of primary amides is 2. The second-order valence-corrected chi connectivity index (χ2v) is 23.2. The van der Waals surface area contributed by atoms with Gasteiger partial charge in [0.25, 0.3) is 0 Å². The number of aromatic hydroxyl groups is 1. The number of unbranched alkanes of at least 4 members (excludes halogenated alkanes) is 1. The van der Waals surface area contributed by atoms with Gasteiger partial charge in [0, 0.05) is 91.2 Å². The van der Waals surface area contributed by atoms with Crippen LogP contribution in [0.5, 0.6) is 5.75 Å². The molecule has 12 amide bonds. The van der Waals surface area contributed by atoms with E-state index in [-0.39, 0.29) is 95.4 Å². The van der Waals surface area contributed by atoms with E-state index in [9.17, 15) is 67.7 Å². The van der Waals surface area contributed by atoms with E-state index in [2.05, 4.69) is 67.8 Å². The molecule has 0 aliphatic carbocycles. The molecule has 31 nitrogen and oxygen atoms in total. The maximum atomic E-state index is 14.9. The SMILES string of the molecule is NCCCC[C@@H](NC(=O)[C@H](Cc1ccc(O)cc1)NC(=O)[C@H](CO)NC(=O)[C@H](Cc1c[nH]c2ccccc12)NC(=O)[C@H](Cc1cnc[nH]1)NC(=O)[C@@H]1CCC(=O)N1)C(=O)N[C@@H](Cc1c[nH]c2ccccc12)C(=O)N[C@@H](CCC(N)=O)C(=O)N1CCC[C@H]1C(=O)NCC(N)=O. The summed E-state index contributed by atoms with van der Waals surface area (Å²) < 4.78 is 0. The summed E-state index contributed by atoms with van der Waals surface area (Å²) in [5, 5.41) is 46.0. The number of fused-ring (bicyclic) bond motifs is 2. The number of H-pyrrole nitrogens is 3. The molecular weight excluding hydrogens is 1220 g/mol. The third kappa shape index (κ3) is 19.0. The zero-order valence-electron chi connectivity index (χ0n) is 51.4. The highest BCUT2D eigenvalue weighted by Crippen LogP contribution is 2.24. The summed E-state index contributed by atoms with van der Waals surface area (Å²) in [6, 6.07) is 7.23. The van der Waals surface area contributed by atoms with Crippen LogP contribution in [0, 0.1) is 0 Å². The van der Waals surface area contributed by atoms with Crippen molar-refractivity contribution in [2.45, 2.75) is 138 Å². The largest absolute Gasteiger partial charge is 0.508 e. The predicted octanol–water partition coefficient (Wildman–Crippen LogP) is -3.00. The number of rotatable bonds is 34. The number of imidazole rings is 1. The van der Waals surface area contributed by atoms with Crippen LogP contribution in [0.3, 0.4) is 0 Å². The van der Waals surface area contributed by atoms with Crippen molar-refractivity contribution in [3.05, 3.63) is 120 Å². The molecule has 2 aliphatic rings. The Morgan fingerprint density at radius 1 is 0.596 bits per heavy atom. The monoisotopic (exact) mass is 1300 g/mol. The molecule has 2 fully saturated rings. The first kappa shape index (κ1) is 69.2. The molecule has 2 saturated heterocycles. The van der Waals surface area contributed by atoms with E-state index in [1.165, 1.54) is 41.7 Å². The lowest BCUT2D eigenvalue weighted by Crippen LogP contribution is -2.61. The van der Waals surface area contributed by atoms with Gasteiger partial charge in [0.2, 0.25) is 70.9 Å². The number of aliphatic hydroxyl groups excluding tert-OH is 1. The molecule has 2 aliphatic heterocycles. The maximum Gasteiger partial charge on any atom is 0.245 e. The second-order valence-electron chi connectivity index (χ2n) is 23.2. The van der Waals surface area contributed by atoms with Gasteiger partial charge in [-0.3, -0.25) is 57.5 Å². The van der Waals surface area contributed by atoms with E-state index in [1.807, 2.05) is 0 Å². The molecule has 31 heteroatoms. The zero-order valence-corrected chi connectivity index (χ0v) is 51.4. The van der Waals surface area contributed by atoms with Crippen LogP contribution < -0.4 is 65.1 Å². The van der Waals surface area contributed by atoms with Gasteiger partial charge >= 0.3 is 0 Å². The van der Waals surface area contributed by atoms with Crippen LogP contribution in [0.15, 0.2) is 97.7 Å². The number of likely N-dealkylation sites (tertiary alicyclic amines) is 1. The van der Waals surface area contributed by atoms with E-state index in [4.69, 9.17) is 17.2 Å². The van der Waals surface area contributed by atoms with Crippen molar-refractivity contribution >= 4 is 92.7 Å². The summed E-state index contributed by atoms with van der Waals surface area (Å²) in [5.74, 6) is -9.82. The third-order valence-corrected chi connectivity index (χ3v) is 16.4. The first-order chi connectivity index (χ1) is 45.2. The number of hydrogen-bond acceptors (Lipinski definition) is 16. The molecule has 0 saturated carbocycles. The highest BCUT2D eigenvalue weighted by Gasteiger charge is 2.40. The lowest BCUT2D eigenvalue weighted by molar-refractivity contribution is -0.142. The van der Waals surface area contributed by atoms with Crippen LogP contribution in [-0.2, 0) is 83.2 Å². The van der Waals surface area contributed by atoms with Crippen molar-refractivity contribution in [3.8, 4) is 5.75 Å². The van der Waals surface area contributed by atoms with Gasteiger partial charge in [-0.1, -0.05) is 48.5 Å². The summed E-state index contributed by atoms with van der Waals surface area (Å²) in [6.07, 6.45) is 5.97. The van der Waals surface area contributed by atoms with E-state index in [1.54, 1.807) is 60.9 Å². The highest BCUT2D eigenvalue weighted by atomic mass is 16.3. The fourth-order valence-corrected chi connectivity index (χ4v) is 11.4. The average Bonchev–Trinajstić information content (AvgIpc) is 1.67. The lowest BCUT2D eigenvalue weighted by atomic mass is 10.0. The number of aromatic nitrogens is 4. The van der Waals surface area contributed by atoms with Crippen LogP contribution in [0.2, 0.25) is 0 Å². The molecule has 3 aromatic carbocycles. The van der Waals surface area contributed by atoms with Gasteiger partial charge < -0.3 is 95.1 Å². The molecule has 8 rings (SSSR count). The lowest BCUT2D eigenvalue weighted by Gasteiger charge is -2.30. The normalized spacial score (nSPS) is 16.7. The number of carbonyl (C=O) groups excluding carboxylic acids is 12. The molecule has 9 atom stereocenters. The standard InChI is InChI=1S/C63H79N17O14/c64-22-6-5-12-43(55(86)76-47(25-35-28-68-41-10-3-1-8-39(35)41)58(89)74-45(18-20-52(65)83)63(94)80-23-7-13-51(80)62(93)70-31-53(66)84)73-57(88)46(24-34-14-16-38(82)17-15-34)75-61(92)50(32-81)79-59(90)48(26-36-29-69-42-11-4-2-9-40(36)42)77-60(91)49(27-37-30-67-33-71-37)78-56(87)44-19-21-54(85)72-44/h1-4,8-11,14-17,28-30,33,43-51,68-69,81-82H,5-7,12-13,18-27,31-32,64H2,(H2,65,83)(H2,66,84)(H,67,71)(H,70,93)(H,72,85)(H,73,88)(H,74,89)(H,75,92)(H,76,86)(H,77,91)(H,78,87)(H,79,90)/t43-,44+,45+,46+,47+,48+,49+,50+,51+/m1/s1. The Morgan fingerprint density at radius 2 is 1.14 bits per heavy atom. The van der Waals surface area contributed by atoms with E-state index >= 15 is 0 Å². The minimum atomic E-state index is -1.81. The Morgan fingerprint density at radius 3 is 1.68 bits per heavy atom. The first-order valence-electron chi connectivity index (χ1n) is 30.9. The van der Waals surface area contributed by atoms with Crippen molar-refractivity contribution in [1.29, 1.82) is 0 Å². The summed E-state index contributed by atoms with van der Waals surface area (Å²) >= 11 is 0. The van der Waals surface area contributed by atoms with E-state index in [0.717, 1.165) is 0 Å². The summed E-state index contributed by atoms with van der Waals surface area (Å²) in [4.78, 5) is 179. The number of phenols is 1. The van der Waals surface area contributed by atoms with Crippen LogP contribution in [0.25, 0.3) is 21.8 Å². The number of hydrogen-bond donors (Lipinski definition) is 17. The number of benzene rings is 3. The smallest absolute Gasteiger partial charge is 0.245 e. The van der Waals surface area contributed by atoms with Gasteiger partial charge in [0.05, 0.1) is 19.5 Å². The first-order valence-corrected chi connectivity index (χ1v) is 30.9. The molecule has 0 spiro atoms. The molecule has 500 valence electrons. The van der Waals surface area contributed by atoms with E-state index in [0.29, 0.717) is 57.0 Å². The number of carbonyl (C=O) groups is 12. The Labute approximate surface area is 538 Å². The van der Waals surface area contributed by atoms with Gasteiger partial charge in [0.15, 0.2) is 0 Å². The number of aliphatic hydroxyl groups is 1. The van der Waals surface area contributed by atoms with Crippen molar-refractivity contribution in [2.24, 2.45) is 17.2 Å². The molecule has 20 N–H and O–H groups in total. The van der Waals surface area contributed by atoms with Gasteiger partial charge in [0.1, 0.15) is 60.1 Å². The van der Waals surface area contributed by atoms with Crippen LogP contribution in [0.4, 0.5) is 0 Å². The zero-order chi connectivity index (χ0) is 67.4. The van der Waals surface area contributed by atoms with Gasteiger partial charge in [-0.25, -0.2) is 4.98 Å². The molecular formula is C63H79N17O14. The van der Waals surface area contributed by atoms with Crippen molar-refractivity contribution < 1.29 is 67.7 Å². The number of amides is 12. The van der Waals surface area contributed by atoms with Crippen LogP contribution >= 0.6 is 0 Å². The molecule has 6 aromatic rings. The van der Waals surface area contributed by atoms with Crippen molar-refractivity contribution in [3.63, 3.8) is 0 Å². The molecule has 3 aromatic heterocycles. The van der Waals surface area contributed by atoms with Gasteiger partial charge in [-0.2, -0.15) is 0 Å². The molecule has 0 unspecified atom stereocenters. The van der Waals surface area contributed by atoms with Gasteiger partial charge in [-0.15, -0.1) is 0 Å². The molecule has 0 radical (unpaired) electrons. The minimum absolute atomic E-state index is 0.0770. The number of aromatic amines is 3. The number of phenolic OH excluding ortho intramolecular Hbond substituents is 1. The Balaban J connectivity index is 1.04.